The maximum absolute atomic E-state index is 11.7. The quantitative estimate of drug-likeness (QED) is 0.435. The molecule has 0 aromatic rings. The fraction of sp³-hybridized carbons (Fsp3) is 0.727. The van der Waals surface area contributed by atoms with Gasteiger partial charge in [-0.3, -0.25) is 14.9 Å². The van der Waals surface area contributed by atoms with Gasteiger partial charge in [0.15, 0.2) is 5.11 Å². The van der Waals surface area contributed by atoms with Crippen LogP contribution in [0.5, 0.6) is 0 Å². The second kappa shape index (κ2) is 5.44. The second-order valence-electron chi connectivity index (χ2n) is 4.61. The number of nitrogens with zero attached hydrogens (tertiary/aromatic N) is 1. The largest absolute Gasteiger partial charge is 0.363 e. The molecule has 0 aromatic carbocycles. The molecule has 1 fully saturated rings. The van der Waals surface area contributed by atoms with E-state index >= 15 is 0 Å². The van der Waals surface area contributed by atoms with Crippen molar-refractivity contribution in [2.24, 2.45) is 0 Å². The highest BCUT2D eigenvalue weighted by Crippen LogP contribution is 2.18. The predicted octanol–water partition coefficient (Wildman–Crippen LogP) is 0.398. The maximum Gasteiger partial charge on any atom is 0.251 e. The first-order chi connectivity index (χ1) is 7.89. The molecule has 1 aliphatic heterocycles. The molecule has 1 rings (SSSR count). The first kappa shape index (κ1) is 13.9. The molecule has 0 saturated carbocycles. The fourth-order valence-corrected chi connectivity index (χ4v) is 1.97. The van der Waals surface area contributed by atoms with Crippen LogP contribution in [0.4, 0.5) is 0 Å². The van der Waals surface area contributed by atoms with Crippen LogP contribution in [0.25, 0.3) is 0 Å². The maximum atomic E-state index is 11.7. The summed E-state index contributed by atoms with van der Waals surface area (Å²) in [6.07, 6.45) is 2.08. The van der Waals surface area contributed by atoms with E-state index in [1.807, 2.05) is 0 Å². The minimum atomic E-state index is -0.787. The van der Waals surface area contributed by atoms with Crippen LogP contribution in [0, 0.1) is 0 Å². The summed E-state index contributed by atoms with van der Waals surface area (Å²) in [5.74, 6) is -0.623. The zero-order valence-corrected chi connectivity index (χ0v) is 11.3. The molecule has 2 amide bonds. The van der Waals surface area contributed by atoms with Gasteiger partial charge in [-0.25, -0.2) is 0 Å². The predicted molar refractivity (Wildman–Crippen MR) is 69.4 cm³/mol. The Kier molecular flexibility index (Phi) is 4.45. The van der Waals surface area contributed by atoms with Crippen molar-refractivity contribution in [3.63, 3.8) is 0 Å². The molecule has 0 radical (unpaired) electrons. The van der Waals surface area contributed by atoms with E-state index in [4.69, 9.17) is 12.2 Å². The third-order valence-corrected chi connectivity index (χ3v) is 3.20. The summed E-state index contributed by atoms with van der Waals surface area (Å²) in [7, 11) is 0. The Morgan fingerprint density at radius 1 is 1.53 bits per heavy atom. The lowest BCUT2D eigenvalue weighted by atomic mass is 9.99. The summed E-state index contributed by atoms with van der Waals surface area (Å²) >= 11 is 5.22. The number of hydrogen-bond donors (Lipinski definition) is 2. The monoisotopic (exact) mass is 257 g/mol. The summed E-state index contributed by atoms with van der Waals surface area (Å²) < 4.78 is 0. The van der Waals surface area contributed by atoms with Gasteiger partial charge >= 0.3 is 0 Å². The number of thiocarbonyl (C=S) groups is 1. The Bertz CT molecular complexity index is 342. The number of amides is 2. The molecule has 0 spiro atoms. The SMILES string of the molecule is CCCCNC(=S)N1CC(=O)NC(=O)C1(C)C. The molecule has 6 heteroatoms. The Morgan fingerprint density at radius 2 is 2.18 bits per heavy atom. The van der Waals surface area contributed by atoms with E-state index in [0.29, 0.717) is 5.11 Å². The first-order valence-corrected chi connectivity index (χ1v) is 6.20. The third-order valence-electron chi connectivity index (χ3n) is 2.84. The van der Waals surface area contributed by atoms with Gasteiger partial charge in [0.25, 0.3) is 5.91 Å². The van der Waals surface area contributed by atoms with Crippen molar-refractivity contribution in [1.82, 2.24) is 15.5 Å². The second-order valence-corrected chi connectivity index (χ2v) is 4.99. The highest BCUT2D eigenvalue weighted by Gasteiger charge is 2.41. The van der Waals surface area contributed by atoms with E-state index < -0.39 is 5.54 Å². The number of carbonyl (C=O) groups is 2. The number of carbonyl (C=O) groups excluding carboxylic acids is 2. The lowest BCUT2D eigenvalue weighted by molar-refractivity contribution is -0.141. The summed E-state index contributed by atoms with van der Waals surface area (Å²) in [5.41, 5.74) is -0.787. The molecule has 1 heterocycles. The van der Waals surface area contributed by atoms with E-state index in [9.17, 15) is 9.59 Å². The Balaban J connectivity index is 2.69. The molecular formula is C11H19N3O2S. The van der Waals surface area contributed by atoms with Gasteiger partial charge in [-0.1, -0.05) is 13.3 Å². The third kappa shape index (κ3) is 3.15. The van der Waals surface area contributed by atoms with Crippen molar-refractivity contribution in [1.29, 1.82) is 0 Å². The number of rotatable bonds is 3. The Hall–Kier alpha value is -1.17. The average molecular weight is 257 g/mol. The summed E-state index contributed by atoms with van der Waals surface area (Å²) in [6.45, 7) is 6.48. The molecular weight excluding hydrogens is 238 g/mol. The topological polar surface area (TPSA) is 61.4 Å². The van der Waals surface area contributed by atoms with Crippen molar-refractivity contribution >= 4 is 29.1 Å². The number of unbranched alkanes of at least 4 members (excludes halogenated alkanes) is 1. The van der Waals surface area contributed by atoms with Gasteiger partial charge in [-0.05, 0) is 32.5 Å². The van der Waals surface area contributed by atoms with Crippen LogP contribution in [0.1, 0.15) is 33.6 Å². The van der Waals surface area contributed by atoms with Gasteiger partial charge in [0.1, 0.15) is 12.1 Å². The standard InChI is InChI=1S/C11H19N3O2S/c1-4-5-6-12-10(17)14-7-8(15)13-9(16)11(14,2)3/h4-7H2,1-3H3,(H,12,17)(H,13,15,16). The minimum absolute atomic E-state index is 0.122. The molecule has 0 aliphatic carbocycles. The van der Waals surface area contributed by atoms with Crippen LogP contribution in [0.15, 0.2) is 0 Å². The van der Waals surface area contributed by atoms with Gasteiger partial charge < -0.3 is 10.2 Å². The molecule has 0 aromatic heterocycles. The van der Waals surface area contributed by atoms with Gasteiger partial charge in [0, 0.05) is 6.54 Å². The molecule has 5 nitrogen and oxygen atoms in total. The lowest BCUT2D eigenvalue weighted by Gasteiger charge is -2.41. The molecule has 96 valence electrons. The van der Waals surface area contributed by atoms with Gasteiger partial charge in [0.05, 0.1) is 0 Å². The molecule has 17 heavy (non-hydrogen) atoms. The Morgan fingerprint density at radius 3 is 2.76 bits per heavy atom. The normalized spacial score (nSPS) is 18.9. The summed E-state index contributed by atoms with van der Waals surface area (Å²) in [4.78, 5) is 24.7. The average Bonchev–Trinajstić information content (AvgIpc) is 2.24. The van der Waals surface area contributed by atoms with Crippen LogP contribution >= 0.6 is 12.2 Å². The smallest absolute Gasteiger partial charge is 0.251 e. The van der Waals surface area contributed by atoms with E-state index in [1.54, 1.807) is 18.7 Å². The van der Waals surface area contributed by atoms with Crippen LogP contribution in [0.2, 0.25) is 0 Å². The fourth-order valence-electron chi connectivity index (χ4n) is 1.58. The van der Waals surface area contributed by atoms with Crippen LogP contribution in [-0.4, -0.2) is 40.5 Å². The van der Waals surface area contributed by atoms with Crippen LogP contribution < -0.4 is 10.6 Å². The number of piperazine rings is 1. The zero-order chi connectivity index (χ0) is 13.1. The molecule has 1 aliphatic rings. The molecule has 0 atom stereocenters. The van der Waals surface area contributed by atoms with Crippen molar-refractivity contribution in [3.05, 3.63) is 0 Å². The highest BCUT2D eigenvalue weighted by molar-refractivity contribution is 7.80. The van der Waals surface area contributed by atoms with E-state index in [-0.39, 0.29) is 18.4 Å². The van der Waals surface area contributed by atoms with Crippen molar-refractivity contribution in [2.75, 3.05) is 13.1 Å². The number of hydrogen-bond acceptors (Lipinski definition) is 3. The van der Waals surface area contributed by atoms with Crippen LogP contribution in [0.3, 0.4) is 0 Å². The van der Waals surface area contributed by atoms with Gasteiger partial charge in [-0.2, -0.15) is 0 Å². The van der Waals surface area contributed by atoms with E-state index in [1.165, 1.54) is 0 Å². The molecule has 0 unspecified atom stereocenters. The Labute approximate surface area is 107 Å². The number of imide groups is 1. The lowest BCUT2D eigenvalue weighted by Crippen LogP contribution is -2.67. The molecule has 0 bridgehead atoms. The first-order valence-electron chi connectivity index (χ1n) is 5.79. The van der Waals surface area contributed by atoms with Crippen molar-refractivity contribution in [3.8, 4) is 0 Å². The minimum Gasteiger partial charge on any atom is -0.363 e. The van der Waals surface area contributed by atoms with Crippen molar-refractivity contribution in [2.45, 2.75) is 39.2 Å². The van der Waals surface area contributed by atoms with Crippen LogP contribution in [-0.2, 0) is 9.59 Å². The van der Waals surface area contributed by atoms with E-state index in [2.05, 4.69) is 17.6 Å². The zero-order valence-electron chi connectivity index (χ0n) is 10.5. The van der Waals surface area contributed by atoms with Gasteiger partial charge in [-0.15, -0.1) is 0 Å². The summed E-state index contributed by atoms with van der Waals surface area (Å²) in [5, 5.41) is 5.85. The summed E-state index contributed by atoms with van der Waals surface area (Å²) in [6, 6.07) is 0. The van der Waals surface area contributed by atoms with Gasteiger partial charge in [0.2, 0.25) is 5.91 Å². The van der Waals surface area contributed by atoms with Crippen molar-refractivity contribution < 1.29 is 9.59 Å². The highest BCUT2D eigenvalue weighted by atomic mass is 32.1. The molecule has 2 N–H and O–H groups in total. The number of nitrogens with one attached hydrogen (secondary N) is 2. The van der Waals surface area contributed by atoms with E-state index in [0.717, 1.165) is 19.4 Å². The molecule has 1 saturated heterocycles.